The van der Waals surface area contributed by atoms with Crippen molar-refractivity contribution in [3.8, 4) is 0 Å². The van der Waals surface area contributed by atoms with Gasteiger partial charge in [0.1, 0.15) is 17.6 Å². The van der Waals surface area contributed by atoms with E-state index in [1.165, 1.54) is 0 Å². The monoisotopic (exact) mass is 460 g/mol. The number of hydrogen-bond donors (Lipinski definition) is 1. The first-order chi connectivity index (χ1) is 16.0. The summed E-state index contributed by atoms with van der Waals surface area (Å²) in [6.07, 6.45) is 12.6. The highest BCUT2D eigenvalue weighted by Gasteiger charge is 2.71. The molecule has 33 heavy (non-hydrogen) atoms. The molecule has 0 bridgehead atoms. The molecular formula is C25H36N2O6. The summed E-state index contributed by atoms with van der Waals surface area (Å²) in [5.41, 5.74) is -1.19. The first-order valence-corrected chi connectivity index (χ1v) is 12.4. The van der Waals surface area contributed by atoms with Crippen LogP contribution in [-0.4, -0.2) is 83.3 Å². The number of cyclic esters (lactones) is 1. The molecule has 2 fully saturated rings. The van der Waals surface area contributed by atoms with Gasteiger partial charge >= 0.3 is 5.97 Å². The van der Waals surface area contributed by atoms with Crippen molar-refractivity contribution in [2.75, 3.05) is 32.8 Å². The lowest BCUT2D eigenvalue weighted by molar-refractivity contribution is -0.155. The van der Waals surface area contributed by atoms with Crippen LogP contribution < -0.4 is 0 Å². The fourth-order valence-electron chi connectivity index (χ4n) is 5.65. The van der Waals surface area contributed by atoms with E-state index in [-0.39, 0.29) is 18.4 Å². The maximum atomic E-state index is 13.8. The van der Waals surface area contributed by atoms with Crippen molar-refractivity contribution in [1.82, 2.24) is 9.80 Å². The van der Waals surface area contributed by atoms with E-state index in [0.29, 0.717) is 39.1 Å². The molecule has 8 heteroatoms. The van der Waals surface area contributed by atoms with Crippen LogP contribution in [0.1, 0.15) is 51.9 Å². The zero-order valence-electron chi connectivity index (χ0n) is 19.5. The summed E-state index contributed by atoms with van der Waals surface area (Å²) in [6.45, 7) is 3.85. The first kappa shape index (κ1) is 24.0. The molecule has 2 saturated heterocycles. The van der Waals surface area contributed by atoms with Crippen LogP contribution in [-0.2, 0) is 23.9 Å². The van der Waals surface area contributed by atoms with E-state index in [2.05, 4.69) is 6.92 Å². The van der Waals surface area contributed by atoms with Gasteiger partial charge in [-0.05, 0) is 38.5 Å². The van der Waals surface area contributed by atoms with E-state index in [1.54, 1.807) is 9.80 Å². The molecule has 4 aliphatic rings. The minimum atomic E-state index is -1.19. The van der Waals surface area contributed by atoms with E-state index in [4.69, 9.17) is 9.47 Å². The van der Waals surface area contributed by atoms with Gasteiger partial charge in [0.25, 0.3) is 0 Å². The average Bonchev–Trinajstić information content (AvgIpc) is 3.19. The topological polar surface area (TPSA) is 96.4 Å². The molecular weight excluding hydrogens is 424 g/mol. The van der Waals surface area contributed by atoms with Crippen LogP contribution in [0, 0.1) is 11.8 Å². The number of aliphatic hydroxyl groups is 1. The average molecular weight is 461 g/mol. The lowest BCUT2D eigenvalue weighted by Gasteiger charge is -2.35. The fourth-order valence-corrected chi connectivity index (χ4v) is 5.65. The standard InChI is InChI=1S/C25H36N2O6/c1-2-3-13-26-14-10-12-25-20(22(29)27(15-7-8-16-28)21(25)23(26)30)19-18(33-25)11-6-4-5-9-17-32-24(19)31/h6,10-12,18-21,28H,2-5,7-9,13-17H2,1H3/b11-6-/t18-,19+,20-,21?,25-/m0/s1. The van der Waals surface area contributed by atoms with Gasteiger partial charge < -0.3 is 24.4 Å². The second-order valence-electron chi connectivity index (χ2n) is 9.44. The SMILES string of the molecule is CCCCN1CC=C[C@]23O[C@H]4/C=C\CCCCOC(=O)[C@H]4[C@H]2C(=O)N(CCCCO)C3C1=O. The third kappa shape index (κ3) is 4.35. The number of amides is 2. The molecule has 1 unspecified atom stereocenters. The quantitative estimate of drug-likeness (QED) is 0.354. The van der Waals surface area contributed by atoms with Crippen LogP contribution in [0.2, 0.25) is 0 Å². The van der Waals surface area contributed by atoms with Crippen LogP contribution in [0.3, 0.4) is 0 Å². The number of nitrogens with zero attached hydrogens (tertiary/aromatic N) is 2. The highest BCUT2D eigenvalue weighted by Crippen LogP contribution is 2.53. The Morgan fingerprint density at radius 2 is 1.94 bits per heavy atom. The predicted octanol–water partition coefficient (Wildman–Crippen LogP) is 1.82. The van der Waals surface area contributed by atoms with Crippen molar-refractivity contribution in [1.29, 1.82) is 0 Å². The minimum Gasteiger partial charge on any atom is -0.465 e. The number of hydrogen-bond acceptors (Lipinski definition) is 6. The van der Waals surface area contributed by atoms with Gasteiger partial charge in [0, 0.05) is 26.2 Å². The van der Waals surface area contributed by atoms with Gasteiger partial charge in [-0.2, -0.15) is 0 Å². The Bertz CT molecular complexity index is 811. The lowest BCUT2D eigenvalue weighted by Crippen LogP contribution is -2.55. The normalized spacial score (nSPS) is 35.0. The van der Waals surface area contributed by atoms with Gasteiger partial charge in [-0.25, -0.2) is 0 Å². The number of carbonyl (C=O) groups excluding carboxylic acids is 3. The Labute approximate surface area is 195 Å². The smallest absolute Gasteiger partial charge is 0.312 e. The first-order valence-electron chi connectivity index (χ1n) is 12.4. The molecule has 0 aromatic carbocycles. The van der Waals surface area contributed by atoms with Crippen molar-refractivity contribution < 1.29 is 29.0 Å². The Morgan fingerprint density at radius 1 is 1.09 bits per heavy atom. The van der Waals surface area contributed by atoms with Gasteiger partial charge in [-0.15, -0.1) is 0 Å². The van der Waals surface area contributed by atoms with Gasteiger partial charge in [-0.1, -0.05) is 37.6 Å². The molecule has 4 heterocycles. The van der Waals surface area contributed by atoms with Crippen LogP contribution in [0.5, 0.6) is 0 Å². The Hall–Kier alpha value is -2.19. The highest BCUT2D eigenvalue weighted by atomic mass is 16.6. The van der Waals surface area contributed by atoms with E-state index in [0.717, 1.165) is 32.1 Å². The Kier molecular flexibility index (Phi) is 7.54. The third-order valence-corrected chi connectivity index (χ3v) is 7.27. The molecule has 8 nitrogen and oxygen atoms in total. The summed E-state index contributed by atoms with van der Waals surface area (Å²) >= 11 is 0. The van der Waals surface area contributed by atoms with Crippen molar-refractivity contribution in [2.24, 2.45) is 11.8 Å². The molecule has 0 saturated carbocycles. The molecule has 5 atom stereocenters. The zero-order chi connectivity index (χ0) is 23.4. The molecule has 0 aliphatic carbocycles. The molecule has 2 amide bonds. The summed E-state index contributed by atoms with van der Waals surface area (Å²) in [5.74, 6) is -2.37. The molecule has 182 valence electrons. The molecule has 1 N–H and O–H groups in total. The number of aliphatic hydroxyl groups excluding tert-OH is 1. The maximum Gasteiger partial charge on any atom is 0.312 e. The largest absolute Gasteiger partial charge is 0.465 e. The Balaban J connectivity index is 1.74. The van der Waals surface area contributed by atoms with Gasteiger partial charge in [0.15, 0.2) is 0 Å². The van der Waals surface area contributed by atoms with E-state index >= 15 is 0 Å². The van der Waals surface area contributed by atoms with Crippen molar-refractivity contribution in [3.63, 3.8) is 0 Å². The van der Waals surface area contributed by atoms with Gasteiger partial charge in [0.05, 0.1) is 18.6 Å². The molecule has 4 aliphatic heterocycles. The van der Waals surface area contributed by atoms with Crippen molar-refractivity contribution >= 4 is 17.8 Å². The highest BCUT2D eigenvalue weighted by molar-refractivity contribution is 5.99. The number of unbranched alkanes of at least 4 members (excludes halogenated alkanes) is 2. The zero-order valence-corrected chi connectivity index (χ0v) is 19.5. The van der Waals surface area contributed by atoms with Gasteiger partial charge in [-0.3, -0.25) is 14.4 Å². The third-order valence-electron chi connectivity index (χ3n) is 7.27. The number of fused-ring (bicyclic) bond motifs is 2. The molecule has 0 radical (unpaired) electrons. The summed E-state index contributed by atoms with van der Waals surface area (Å²) < 4.78 is 12.1. The molecule has 0 aromatic heterocycles. The minimum absolute atomic E-state index is 0.0239. The number of esters is 1. The van der Waals surface area contributed by atoms with Crippen LogP contribution in [0.4, 0.5) is 0 Å². The van der Waals surface area contributed by atoms with Crippen LogP contribution in [0.25, 0.3) is 0 Å². The lowest BCUT2D eigenvalue weighted by atomic mass is 9.78. The summed E-state index contributed by atoms with van der Waals surface area (Å²) in [5, 5.41) is 9.25. The van der Waals surface area contributed by atoms with Gasteiger partial charge in [0.2, 0.25) is 11.8 Å². The van der Waals surface area contributed by atoms with Crippen molar-refractivity contribution in [3.05, 3.63) is 24.3 Å². The summed E-state index contributed by atoms with van der Waals surface area (Å²) in [4.78, 5) is 44.2. The van der Waals surface area contributed by atoms with Crippen LogP contribution >= 0.6 is 0 Å². The number of likely N-dealkylation sites (tertiary alicyclic amines) is 1. The fraction of sp³-hybridized carbons (Fsp3) is 0.720. The van der Waals surface area contributed by atoms with Crippen molar-refractivity contribution in [2.45, 2.75) is 69.6 Å². The number of ether oxygens (including phenoxy) is 2. The molecule has 4 rings (SSSR count). The summed E-state index contributed by atoms with van der Waals surface area (Å²) in [7, 11) is 0. The molecule has 0 aromatic rings. The van der Waals surface area contributed by atoms with E-state index in [9.17, 15) is 19.5 Å². The number of rotatable bonds is 7. The predicted molar refractivity (Wildman–Crippen MR) is 121 cm³/mol. The number of allylic oxidation sites excluding steroid dienone is 1. The Morgan fingerprint density at radius 3 is 2.73 bits per heavy atom. The second kappa shape index (κ2) is 10.4. The second-order valence-corrected chi connectivity index (χ2v) is 9.44. The molecule has 1 spiro atoms. The maximum absolute atomic E-state index is 13.8. The number of carbonyl (C=O) groups is 3. The van der Waals surface area contributed by atoms with E-state index < -0.39 is 35.6 Å². The van der Waals surface area contributed by atoms with E-state index in [1.807, 2.05) is 24.3 Å². The van der Waals surface area contributed by atoms with Crippen LogP contribution in [0.15, 0.2) is 24.3 Å². The summed E-state index contributed by atoms with van der Waals surface area (Å²) in [6, 6.07) is -0.817.